The highest BCUT2D eigenvalue weighted by Crippen LogP contribution is 2.34. The molecule has 0 aliphatic carbocycles. The van der Waals surface area contributed by atoms with Crippen LogP contribution in [0.25, 0.3) is 0 Å². The van der Waals surface area contributed by atoms with Crippen molar-refractivity contribution < 1.29 is 13.5 Å². The maximum Gasteiger partial charge on any atom is 0.285 e. The van der Waals surface area contributed by atoms with Crippen LogP contribution in [0.15, 0.2) is 23.2 Å². The normalized spacial score (nSPS) is 15.2. The number of ether oxygens (including phenoxy) is 1. The highest BCUT2D eigenvalue weighted by atomic mass is 35.5. The number of nitrogens with zero attached hydrogens (tertiary/aromatic N) is 1. The van der Waals surface area contributed by atoms with Gasteiger partial charge in [0.1, 0.15) is 6.61 Å². The number of rotatable bonds is 3. The molecule has 0 radical (unpaired) electrons. The minimum Gasteiger partial charge on any atom is -0.463 e. The van der Waals surface area contributed by atoms with Crippen LogP contribution >= 0.6 is 11.6 Å². The molecule has 1 aliphatic heterocycles. The first-order valence-electron chi connectivity index (χ1n) is 5.55. The minimum absolute atomic E-state index is 0.0797. The molecule has 0 amide bonds. The predicted octanol–water partition coefficient (Wildman–Crippen LogP) is 2.93. The Labute approximate surface area is 109 Å². The molecule has 1 aromatic carbocycles. The lowest BCUT2D eigenvalue weighted by Crippen LogP contribution is -2.23. The Hall–Kier alpha value is -1.36. The molecular formula is C12H13ClF2N2O. The van der Waals surface area contributed by atoms with Gasteiger partial charge >= 0.3 is 0 Å². The van der Waals surface area contributed by atoms with Crippen LogP contribution in [0.5, 0.6) is 0 Å². The summed E-state index contributed by atoms with van der Waals surface area (Å²) in [6, 6.07) is 5.02. The summed E-state index contributed by atoms with van der Waals surface area (Å²) in [4.78, 5) is 4.04. The molecule has 0 saturated heterocycles. The van der Waals surface area contributed by atoms with Gasteiger partial charge in [-0.2, -0.15) is 0 Å². The summed E-state index contributed by atoms with van der Waals surface area (Å²) >= 11 is 5.98. The lowest BCUT2D eigenvalue weighted by Gasteiger charge is -2.15. The van der Waals surface area contributed by atoms with Crippen LogP contribution in [0, 0.1) is 0 Å². The van der Waals surface area contributed by atoms with Gasteiger partial charge in [-0.25, -0.2) is 13.8 Å². The molecule has 0 fully saturated rings. The van der Waals surface area contributed by atoms with E-state index in [1.54, 1.807) is 12.1 Å². The summed E-state index contributed by atoms with van der Waals surface area (Å²) in [6.07, 6.45) is 0. The Balaban J connectivity index is 2.13. The smallest absolute Gasteiger partial charge is 0.285 e. The lowest BCUT2D eigenvalue weighted by molar-refractivity contribution is 0.0175. The van der Waals surface area contributed by atoms with Gasteiger partial charge in [0, 0.05) is 19.0 Å². The van der Waals surface area contributed by atoms with Gasteiger partial charge in [0.15, 0.2) is 0 Å². The van der Waals surface area contributed by atoms with Gasteiger partial charge < -0.3 is 10.1 Å². The molecule has 1 aromatic rings. The van der Waals surface area contributed by atoms with E-state index >= 15 is 0 Å². The molecule has 1 N–H and O–H groups in total. The maximum atomic E-state index is 13.3. The zero-order valence-corrected chi connectivity index (χ0v) is 10.6. The monoisotopic (exact) mass is 274 g/mol. The molecule has 0 atom stereocenters. The Morgan fingerprint density at radius 3 is 2.89 bits per heavy atom. The Bertz CT molecular complexity index is 472. The van der Waals surface area contributed by atoms with E-state index in [4.69, 9.17) is 16.3 Å². The van der Waals surface area contributed by atoms with Crippen molar-refractivity contribution in [3.8, 4) is 0 Å². The quantitative estimate of drug-likeness (QED) is 0.919. The first-order chi connectivity index (χ1) is 8.48. The number of halogens is 3. The van der Waals surface area contributed by atoms with E-state index in [1.807, 2.05) is 0 Å². The van der Waals surface area contributed by atoms with Crippen molar-refractivity contribution in [2.45, 2.75) is 19.4 Å². The van der Waals surface area contributed by atoms with Gasteiger partial charge in [0.2, 0.25) is 0 Å². The minimum atomic E-state index is -2.95. The second kappa shape index (κ2) is 5.10. The topological polar surface area (TPSA) is 33.6 Å². The van der Waals surface area contributed by atoms with Crippen LogP contribution in [0.3, 0.4) is 0 Å². The van der Waals surface area contributed by atoms with Gasteiger partial charge in [-0.1, -0.05) is 29.8 Å². The number of hydrogen-bond donors (Lipinski definition) is 1. The van der Waals surface area contributed by atoms with E-state index in [0.717, 1.165) is 6.92 Å². The molecule has 0 saturated carbocycles. The molecular weight excluding hydrogens is 262 g/mol. The van der Waals surface area contributed by atoms with Gasteiger partial charge in [-0.15, -0.1) is 0 Å². The first-order valence-corrected chi connectivity index (χ1v) is 5.93. The van der Waals surface area contributed by atoms with E-state index in [9.17, 15) is 8.78 Å². The Morgan fingerprint density at radius 1 is 1.50 bits per heavy atom. The second-order valence-corrected chi connectivity index (χ2v) is 4.43. The predicted molar refractivity (Wildman–Crippen MR) is 66.1 cm³/mol. The molecule has 1 aliphatic rings. The van der Waals surface area contributed by atoms with Crippen molar-refractivity contribution in [3.05, 3.63) is 34.3 Å². The molecule has 98 valence electrons. The maximum absolute atomic E-state index is 13.3. The van der Waals surface area contributed by atoms with Gasteiger partial charge in [-0.05, 0) is 5.56 Å². The van der Waals surface area contributed by atoms with Crippen molar-refractivity contribution in [2.24, 2.45) is 4.99 Å². The highest BCUT2D eigenvalue weighted by molar-refractivity contribution is 6.32. The van der Waals surface area contributed by atoms with Crippen LogP contribution in [0.1, 0.15) is 18.1 Å². The molecule has 0 spiro atoms. The standard InChI is InChI=1S/C12H13ClF2N2O/c1-12(14,15)9-4-2-3-8(10(9)13)7-17-11-16-5-6-18-11/h2-4H,5-7H2,1H3,(H,16,17). The lowest BCUT2D eigenvalue weighted by atomic mass is 10.1. The molecule has 1 heterocycles. The molecule has 0 bridgehead atoms. The highest BCUT2D eigenvalue weighted by Gasteiger charge is 2.28. The summed E-state index contributed by atoms with van der Waals surface area (Å²) in [5.74, 6) is -2.95. The number of hydrogen-bond acceptors (Lipinski definition) is 3. The van der Waals surface area contributed by atoms with E-state index < -0.39 is 5.92 Å². The summed E-state index contributed by atoms with van der Waals surface area (Å²) in [7, 11) is 0. The van der Waals surface area contributed by atoms with E-state index in [2.05, 4.69) is 10.3 Å². The Kier molecular flexibility index (Phi) is 3.71. The number of benzene rings is 1. The Morgan fingerprint density at radius 2 is 2.28 bits per heavy atom. The third-order valence-electron chi connectivity index (χ3n) is 2.57. The zero-order chi connectivity index (χ0) is 13.2. The number of aliphatic imine (C=N–C) groups is 1. The van der Waals surface area contributed by atoms with Crippen LogP contribution in [0.4, 0.5) is 8.78 Å². The van der Waals surface area contributed by atoms with Crippen LogP contribution in [-0.2, 0) is 17.2 Å². The molecule has 2 rings (SSSR count). The molecule has 18 heavy (non-hydrogen) atoms. The van der Waals surface area contributed by atoms with Crippen LogP contribution in [0.2, 0.25) is 5.02 Å². The average molecular weight is 275 g/mol. The van der Waals surface area contributed by atoms with Crippen molar-refractivity contribution in [1.82, 2.24) is 5.32 Å². The average Bonchev–Trinajstić information content (AvgIpc) is 2.79. The molecule has 0 unspecified atom stereocenters. The summed E-state index contributed by atoms with van der Waals surface area (Å²) in [5.41, 5.74) is 0.423. The zero-order valence-electron chi connectivity index (χ0n) is 9.84. The number of nitrogens with one attached hydrogen (secondary N) is 1. The SMILES string of the molecule is CC(F)(F)c1cccc(CNC2=NCCO2)c1Cl. The fraction of sp³-hybridized carbons (Fsp3) is 0.417. The van der Waals surface area contributed by atoms with Crippen LogP contribution in [-0.4, -0.2) is 19.2 Å². The summed E-state index contributed by atoms with van der Waals surface area (Å²) < 4.78 is 31.7. The molecule has 3 nitrogen and oxygen atoms in total. The fourth-order valence-corrected chi connectivity index (χ4v) is 2.03. The summed E-state index contributed by atoms with van der Waals surface area (Å²) in [5, 5.41) is 3.00. The van der Waals surface area contributed by atoms with E-state index in [-0.39, 0.29) is 10.6 Å². The second-order valence-electron chi connectivity index (χ2n) is 4.06. The molecule has 0 aromatic heterocycles. The van der Waals surface area contributed by atoms with Gasteiger partial charge in [0.25, 0.3) is 11.9 Å². The van der Waals surface area contributed by atoms with E-state index in [1.165, 1.54) is 6.07 Å². The van der Waals surface area contributed by atoms with Crippen molar-refractivity contribution in [1.29, 1.82) is 0 Å². The van der Waals surface area contributed by atoms with Crippen LogP contribution < -0.4 is 5.32 Å². The van der Waals surface area contributed by atoms with Crippen molar-refractivity contribution in [3.63, 3.8) is 0 Å². The fourth-order valence-electron chi connectivity index (χ4n) is 1.67. The molecule has 6 heteroatoms. The third kappa shape index (κ3) is 2.90. The van der Waals surface area contributed by atoms with Gasteiger partial charge in [0.05, 0.1) is 11.6 Å². The summed E-state index contributed by atoms with van der Waals surface area (Å²) in [6.45, 7) is 2.30. The number of amidine groups is 1. The first kappa shape index (κ1) is 13.1. The largest absolute Gasteiger partial charge is 0.463 e. The third-order valence-corrected chi connectivity index (χ3v) is 3.01. The van der Waals surface area contributed by atoms with E-state index in [0.29, 0.717) is 31.3 Å². The van der Waals surface area contributed by atoms with Crippen molar-refractivity contribution in [2.75, 3.05) is 13.2 Å². The van der Waals surface area contributed by atoms with Gasteiger partial charge in [-0.3, -0.25) is 0 Å². The van der Waals surface area contributed by atoms with Crippen molar-refractivity contribution >= 4 is 17.6 Å². The number of alkyl halides is 2.